The summed E-state index contributed by atoms with van der Waals surface area (Å²) in [5.41, 5.74) is 0.806. The molecule has 1 aliphatic rings. The Morgan fingerprint density at radius 1 is 1.09 bits per heavy atom. The number of carbonyl (C=O) groups is 1. The lowest BCUT2D eigenvalue weighted by Gasteiger charge is -2.31. The van der Waals surface area contributed by atoms with E-state index >= 15 is 0 Å². The third-order valence-corrected chi connectivity index (χ3v) is 5.74. The van der Waals surface area contributed by atoms with Crippen molar-refractivity contribution in [3.63, 3.8) is 0 Å². The summed E-state index contributed by atoms with van der Waals surface area (Å²) in [6, 6.07) is 12.9. The van der Waals surface area contributed by atoms with E-state index in [2.05, 4.69) is 15.5 Å². The fraction of sp³-hybridized carbons (Fsp3) is 0.318. The van der Waals surface area contributed by atoms with Crippen LogP contribution in [0.1, 0.15) is 17.0 Å². The second kappa shape index (κ2) is 10.3. The van der Waals surface area contributed by atoms with Crippen molar-refractivity contribution >= 4 is 29.0 Å². The Morgan fingerprint density at radius 3 is 2.58 bits per heavy atom. The number of anilines is 2. The first-order chi connectivity index (χ1) is 15.9. The number of rotatable bonds is 7. The Labute approximate surface area is 192 Å². The fourth-order valence-corrected chi connectivity index (χ4v) is 3.92. The third kappa shape index (κ3) is 6.26. The van der Waals surface area contributed by atoms with Gasteiger partial charge in [-0.25, -0.2) is 0 Å². The topological polar surface area (TPSA) is 80.5 Å². The number of alkyl halides is 3. The summed E-state index contributed by atoms with van der Waals surface area (Å²) in [6.45, 7) is 1.98. The summed E-state index contributed by atoms with van der Waals surface area (Å²) in [6.07, 6.45) is -4.05. The van der Waals surface area contributed by atoms with Crippen molar-refractivity contribution in [1.82, 2.24) is 10.2 Å². The highest BCUT2D eigenvalue weighted by molar-refractivity contribution is 7.99. The number of hydrogen-bond acceptors (Lipinski definition) is 7. The molecule has 0 bridgehead atoms. The molecule has 0 saturated carbocycles. The average Bonchev–Trinajstić information content (AvgIpc) is 3.25. The Bertz CT molecular complexity index is 1090. The van der Waals surface area contributed by atoms with Crippen molar-refractivity contribution in [1.29, 1.82) is 0 Å². The second-order valence-electron chi connectivity index (χ2n) is 7.29. The monoisotopic (exact) mass is 478 g/mol. The molecule has 1 N–H and O–H groups in total. The minimum atomic E-state index is -4.52. The Hall–Kier alpha value is -3.05. The number of benzene rings is 2. The molecule has 33 heavy (non-hydrogen) atoms. The van der Waals surface area contributed by atoms with Gasteiger partial charge < -0.3 is 19.4 Å². The summed E-state index contributed by atoms with van der Waals surface area (Å²) in [5, 5.41) is 10.7. The Kier molecular flexibility index (Phi) is 7.19. The third-order valence-electron chi connectivity index (χ3n) is 4.92. The molecule has 0 aliphatic carbocycles. The number of carbonyl (C=O) groups excluding carboxylic acids is 1. The zero-order valence-electron chi connectivity index (χ0n) is 17.5. The quantitative estimate of drug-likeness (QED) is 0.509. The van der Waals surface area contributed by atoms with Crippen LogP contribution in [0.15, 0.2) is 58.2 Å². The van der Waals surface area contributed by atoms with Crippen molar-refractivity contribution in [2.45, 2.75) is 17.8 Å². The molecule has 0 radical (unpaired) electrons. The van der Waals surface area contributed by atoms with Crippen LogP contribution in [-0.2, 0) is 22.1 Å². The van der Waals surface area contributed by atoms with E-state index in [9.17, 15) is 18.0 Å². The molecule has 1 amide bonds. The molecular formula is C22H21F3N4O3S. The summed E-state index contributed by atoms with van der Waals surface area (Å²) < 4.78 is 50.6. The highest BCUT2D eigenvalue weighted by atomic mass is 32.2. The smallest absolute Gasteiger partial charge is 0.416 e. The zero-order valence-corrected chi connectivity index (χ0v) is 18.3. The van der Waals surface area contributed by atoms with Gasteiger partial charge in [0, 0.05) is 13.1 Å². The van der Waals surface area contributed by atoms with Crippen molar-refractivity contribution in [2.24, 2.45) is 0 Å². The molecule has 4 rings (SSSR count). The van der Waals surface area contributed by atoms with Crippen molar-refractivity contribution < 1.29 is 27.1 Å². The molecule has 7 nitrogen and oxygen atoms in total. The molecular weight excluding hydrogens is 457 g/mol. The van der Waals surface area contributed by atoms with Crippen LogP contribution in [0.3, 0.4) is 0 Å². The second-order valence-corrected chi connectivity index (χ2v) is 8.22. The maximum atomic E-state index is 13.2. The lowest BCUT2D eigenvalue weighted by molar-refractivity contribution is -0.137. The lowest BCUT2D eigenvalue weighted by atomic mass is 10.1. The number of nitrogens with zero attached hydrogens (tertiary/aromatic N) is 3. The minimum absolute atomic E-state index is 0.0915. The van der Waals surface area contributed by atoms with Crippen molar-refractivity contribution in [2.75, 3.05) is 42.3 Å². The number of nitrogens with one attached hydrogen (secondary N) is 1. The van der Waals surface area contributed by atoms with Crippen LogP contribution in [0.4, 0.5) is 24.5 Å². The maximum absolute atomic E-state index is 13.2. The SMILES string of the molecule is O=C(CSc1nnc(Cc2ccccc2)o1)Nc1cc(C(F)(F)F)ccc1N1CCOCC1. The van der Waals surface area contributed by atoms with Crippen LogP contribution in [0.5, 0.6) is 0 Å². The summed E-state index contributed by atoms with van der Waals surface area (Å²) in [7, 11) is 0. The molecule has 11 heteroatoms. The number of morpholine rings is 1. The number of halogens is 3. The van der Waals surface area contributed by atoms with E-state index in [1.807, 2.05) is 35.2 Å². The van der Waals surface area contributed by atoms with E-state index < -0.39 is 17.6 Å². The number of hydrogen-bond donors (Lipinski definition) is 1. The number of amides is 1. The van der Waals surface area contributed by atoms with E-state index in [4.69, 9.17) is 9.15 Å². The van der Waals surface area contributed by atoms with Gasteiger partial charge >= 0.3 is 6.18 Å². The molecule has 2 aromatic carbocycles. The lowest BCUT2D eigenvalue weighted by Crippen LogP contribution is -2.37. The minimum Gasteiger partial charge on any atom is -0.416 e. The first-order valence-electron chi connectivity index (χ1n) is 10.2. The molecule has 1 aromatic heterocycles. The first kappa shape index (κ1) is 23.1. The Morgan fingerprint density at radius 2 is 1.85 bits per heavy atom. The van der Waals surface area contributed by atoms with Crippen LogP contribution in [-0.4, -0.2) is 48.2 Å². The highest BCUT2D eigenvalue weighted by Gasteiger charge is 2.32. The highest BCUT2D eigenvalue weighted by Crippen LogP contribution is 2.36. The molecule has 1 fully saturated rings. The summed E-state index contributed by atoms with van der Waals surface area (Å²) in [4.78, 5) is 14.4. The standard InChI is InChI=1S/C22H21F3N4O3S/c23-22(24,25)16-6-7-18(29-8-10-31-11-9-29)17(13-16)26-19(30)14-33-21-28-27-20(32-21)12-15-4-2-1-3-5-15/h1-7,13H,8-12,14H2,(H,26,30). The predicted octanol–water partition coefficient (Wildman–Crippen LogP) is 4.25. The number of thioether (sulfide) groups is 1. The molecule has 1 saturated heterocycles. The van der Waals surface area contributed by atoms with Crippen LogP contribution in [0, 0.1) is 0 Å². The van der Waals surface area contributed by atoms with Crippen LogP contribution >= 0.6 is 11.8 Å². The van der Waals surface area contributed by atoms with Gasteiger partial charge in [0.05, 0.1) is 42.3 Å². The zero-order chi connectivity index (χ0) is 23.3. The van der Waals surface area contributed by atoms with Gasteiger partial charge in [-0.2, -0.15) is 13.2 Å². The van der Waals surface area contributed by atoms with Crippen LogP contribution in [0.2, 0.25) is 0 Å². The van der Waals surface area contributed by atoms with Crippen LogP contribution < -0.4 is 10.2 Å². The van der Waals surface area contributed by atoms with E-state index in [-0.39, 0.29) is 16.7 Å². The van der Waals surface area contributed by atoms with Gasteiger partial charge in [0.2, 0.25) is 11.8 Å². The fourth-order valence-electron chi connectivity index (χ4n) is 3.34. The van der Waals surface area contributed by atoms with Gasteiger partial charge in [0.25, 0.3) is 5.22 Å². The molecule has 0 unspecified atom stereocenters. The van der Waals surface area contributed by atoms with Crippen molar-refractivity contribution in [3.05, 3.63) is 65.5 Å². The van der Waals surface area contributed by atoms with E-state index in [0.29, 0.717) is 44.3 Å². The van der Waals surface area contributed by atoms with Gasteiger partial charge in [0.15, 0.2) is 0 Å². The van der Waals surface area contributed by atoms with Gasteiger partial charge in [-0.1, -0.05) is 42.1 Å². The molecule has 0 atom stereocenters. The first-order valence-corrected chi connectivity index (χ1v) is 11.2. The predicted molar refractivity (Wildman–Crippen MR) is 117 cm³/mol. The molecule has 0 spiro atoms. The van der Waals surface area contributed by atoms with Crippen LogP contribution in [0.25, 0.3) is 0 Å². The maximum Gasteiger partial charge on any atom is 0.416 e. The normalized spacial score (nSPS) is 14.3. The van der Waals surface area contributed by atoms with Gasteiger partial charge in [-0.3, -0.25) is 4.79 Å². The summed E-state index contributed by atoms with van der Waals surface area (Å²) in [5.74, 6) is -0.153. The van der Waals surface area contributed by atoms with Gasteiger partial charge in [-0.15, -0.1) is 10.2 Å². The average molecular weight is 478 g/mol. The van der Waals surface area contributed by atoms with E-state index in [1.165, 1.54) is 6.07 Å². The van der Waals surface area contributed by atoms with Gasteiger partial charge in [-0.05, 0) is 23.8 Å². The Balaban J connectivity index is 1.41. The van der Waals surface area contributed by atoms with E-state index in [0.717, 1.165) is 29.5 Å². The molecule has 174 valence electrons. The van der Waals surface area contributed by atoms with Gasteiger partial charge in [0.1, 0.15) is 0 Å². The molecule has 1 aliphatic heterocycles. The van der Waals surface area contributed by atoms with Crippen molar-refractivity contribution in [3.8, 4) is 0 Å². The number of aromatic nitrogens is 2. The molecule has 3 aromatic rings. The summed E-state index contributed by atoms with van der Waals surface area (Å²) >= 11 is 1.02. The molecule has 2 heterocycles. The number of ether oxygens (including phenoxy) is 1. The largest absolute Gasteiger partial charge is 0.416 e. The van der Waals surface area contributed by atoms with E-state index in [1.54, 1.807) is 0 Å².